The second-order valence-corrected chi connectivity index (χ2v) is 7.07. The highest BCUT2D eigenvalue weighted by atomic mass is 32.2. The normalized spacial score (nSPS) is 11.6. The number of hydrogen-bond acceptors (Lipinski definition) is 8. The van der Waals surface area contributed by atoms with Crippen LogP contribution in [0, 0.1) is 0 Å². The number of nitrogens with zero attached hydrogens (tertiary/aromatic N) is 3. The molecule has 0 bridgehead atoms. The topological polar surface area (TPSA) is 142 Å². The van der Waals surface area contributed by atoms with Gasteiger partial charge in [-0.3, -0.25) is 19.5 Å². The molecule has 1 aromatic carbocycles. The number of nitrogens with one attached hydrogen (secondary N) is 1. The van der Waals surface area contributed by atoms with Gasteiger partial charge in [-0.2, -0.15) is 0 Å². The summed E-state index contributed by atoms with van der Waals surface area (Å²) in [5, 5.41) is 10.7. The molecule has 0 aliphatic rings. The van der Waals surface area contributed by atoms with E-state index in [0.717, 1.165) is 17.3 Å². The first-order chi connectivity index (χ1) is 14.4. The van der Waals surface area contributed by atoms with Crippen LogP contribution < -0.4 is 11.1 Å². The Kier molecular flexibility index (Phi) is 6.86. The number of thioether (sulfide) groups is 1. The van der Waals surface area contributed by atoms with Crippen LogP contribution in [0.4, 0.5) is 4.79 Å². The van der Waals surface area contributed by atoms with Gasteiger partial charge in [0.15, 0.2) is 17.0 Å². The molecule has 1 unspecified atom stereocenters. The molecule has 30 heavy (non-hydrogen) atoms. The number of rotatable bonds is 8. The van der Waals surface area contributed by atoms with Crippen LogP contribution in [0.2, 0.25) is 0 Å². The molecule has 0 fully saturated rings. The second-order valence-electron chi connectivity index (χ2n) is 6.13. The van der Waals surface area contributed by atoms with Crippen LogP contribution in [0.1, 0.15) is 12.5 Å². The van der Waals surface area contributed by atoms with E-state index < -0.39 is 24.0 Å². The van der Waals surface area contributed by atoms with Crippen molar-refractivity contribution in [1.82, 2.24) is 20.1 Å². The van der Waals surface area contributed by atoms with Crippen LogP contribution in [-0.2, 0) is 20.9 Å². The smallest absolute Gasteiger partial charge is 0.318 e. The van der Waals surface area contributed by atoms with E-state index in [-0.39, 0.29) is 5.75 Å². The molecule has 2 aromatic heterocycles. The van der Waals surface area contributed by atoms with E-state index in [2.05, 4.69) is 10.2 Å². The van der Waals surface area contributed by atoms with Crippen molar-refractivity contribution >= 4 is 29.7 Å². The third-order valence-electron chi connectivity index (χ3n) is 3.88. The molecule has 1 atom stereocenters. The molecule has 3 rings (SSSR count). The van der Waals surface area contributed by atoms with Gasteiger partial charge in [-0.1, -0.05) is 42.1 Å². The fourth-order valence-corrected chi connectivity index (χ4v) is 3.24. The van der Waals surface area contributed by atoms with Gasteiger partial charge in [-0.05, 0) is 24.6 Å². The monoisotopic (exact) mass is 429 g/mol. The lowest BCUT2D eigenvalue weighted by Gasteiger charge is -2.12. The molecule has 3 aromatic rings. The average molecular weight is 429 g/mol. The summed E-state index contributed by atoms with van der Waals surface area (Å²) in [7, 11) is 0. The summed E-state index contributed by atoms with van der Waals surface area (Å²) in [5.74, 6) is -0.494. The summed E-state index contributed by atoms with van der Waals surface area (Å²) < 4.78 is 12.3. The molecule has 0 radical (unpaired) electrons. The Bertz CT molecular complexity index is 1020. The van der Waals surface area contributed by atoms with Crippen molar-refractivity contribution in [3.63, 3.8) is 0 Å². The lowest BCUT2D eigenvalue weighted by atomic mass is 10.2. The van der Waals surface area contributed by atoms with Gasteiger partial charge < -0.3 is 14.9 Å². The number of imide groups is 1. The Balaban J connectivity index is 1.70. The van der Waals surface area contributed by atoms with Crippen molar-refractivity contribution in [3.05, 3.63) is 54.3 Å². The largest absolute Gasteiger partial charge is 0.461 e. The molecule has 0 aliphatic carbocycles. The SMILES string of the molecule is CC(OC(=O)CSc1nnc(-c2ccco2)n1Cc1ccccc1)C(=O)NC(N)=O. The Morgan fingerprint density at radius 2 is 1.97 bits per heavy atom. The summed E-state index contributed by atoms with van der Waals surface area (Å²) in [4.78, 5) is 34.4. The molecule has 3 amide bonds. The third kappa shape index (κ3) is 5.47. The summed E-state index contributed by atoms with van der Waals surface area (Å²) in [6.45, 7) is 1.81. The number of hydrogen-bond donors (Lipinski definition) is 2. The van der Waals surface area contributed by atoms with Crippen molar-refractivity contribution in [1.29, 1.82) is 0 Å². The predicted molar refractivity (Wildman–Crippen MR) is 107 cm³/mol. The summed E-state index contributed by atoms with van der Waals surface area (Å²) in [6, 6.07) is 12.2. The first-order valence-corrected chi connectivity index (χ1v) is 9.86. The van der Waals surface area contributed by atoms with Crippen molar-refractivity contribution in [3.8, 4) is 11.6 Å². The van der Waals surface area contributed by atoms with Gasteiger partial charge in [0.25, 0.3) is 5.91 Å². The number of aromatic nitrogens is 3. The minimum absolute atomic E-state index is 0.112. The first kappa shape index (κ1) is 21.1. The van der Waals surface area contributed by atoms with Crippen LogP contribution >= 0.6 is 11.8 Å². The van der Waals surface area contributed by atoms with Gasteiger partial charge in [0.1, 0.15) is 0 Å². The summed E-state index contributed by atoms with van der Waals surface area (Å²) in [6.07, 6.45) is 0.381. The predicted octanol–water partition coefficient (Wildman–Crippen LogP) is 1.81. The zero-order chi connectivity index (χ0) is 21.5. The van der Waals surface area contributed by atoms with Crippen LogP contribution in [0.5, 0.6) is 0 Å². The van der Waals surface area contributed by atoms with Gasteiger partial charge in [-0.15, -0.1) is 10.2 Å². The molecule has 2 heterocycles. The highest BCUT2D eigenvalue weighted by Gasteiger charge is 2.21. The van der Waals surface area contributed by atoms with Gasteiger partial charge in [0.05, 0.1) is 18.6 Å². The number of amides is 3. The van der Waals surface area contributed by atoms with Gasteiger partial charge >= 0.3 is 12.0 Å². The first-order valence-electron chi connectivity index (χ1n) is 8.87. The highest BCUT2D eigenvalue weighted by molar-refractivity contribution is 7.99. The van der Waals surface area contributed by atoms with E-state index in [1.165, 1.54) is 6.92 Å². The van der Waals surface area contributed by atoms with E-state index in [1.54, 1.807) is 18.4 Å². The fraction of sp³-hybridized carbons (Fsp3) is 0.211. The molecule has 0 saturated heterocycles. The van der Waals surface area contributed by atoms with Crippen LogP contribution in [-0.4, -0.2) is 44.5 Å². The van der Waals surface area contributed by atoms with Gasteiger partial charge in [0.2, 0.25) is 5.82 Å². The lowest BCUT2D eigenvalue weighted by molar-refractivity contribution is -0.151. The Morgan fingerprint density at radius 1 is 1.20 bits per heavy atom. The van der Waals surface area contributed by atoms with E-state index in [1.807, 2.05) is 40.2 Å². The maximum Gasteiger partial charge on any atom is 0.318 e. The van der Waals surface area contributed by atoms with E-state index >= 15 is 0 Å². The van der Waals surface area contributed by atoms with Crippen LogP contribution in [0.15, 0.2) is 58.3 Å². The number of ether oxygens (including phenoxy) is 1. The van der Waals surface area contributed by atoms with Crippen molar-refractivity contribution in [2.75, 3.05) is 5.75 Å². The zero-order valence-corrected chi connectivity index (χ0v) is 16.8. The maximum absolute atomic E-state index is 12.1. The highest BCUT2D eigenvalue weighted by Crippen LogP contribution is 2.25. The molecule has 0 saturated carbocycles. The number of furan rings is 1. The third-order valence-corrected chi connectivity index (χ3v) is 4.83. The van der Waals surface area contributed by atoms with Crippen molar-refractivity contribution in [2.24, 2.45) is 5.73 Å². The maximum atomic E-state index is 12.1. The summed E-state index contributed by atoms with van der Waals surface area (Å²) in [5.41, 5.74) is 5.90. The number of benzene rings is 1. The molecular weight excluding hydrogens is 410 g/mol. The van der Waals surface area contributed by atoms with Crippen LogP contribution in [0.3, 0.4) is 0 Å². The lowest BCUT2D eigenvalue weighted by Crippen LogP contribution is -2.42. The zero-order valence-electron chi connectivity index (χ0n) is 16.0. The van der Waals surface area contributed by atoms with E-state index in [9.17, 15) is 14.4 Å². The molecular formula is C19H19N5O5S. The Labute approximate surface area is 175 Å². The minimum atomic E-state index is -1.16. The molecule has 3 N–H and O–H groups in total. The quantitative estimate of drug-likeness (QED) is 0.408. The Morgan fingerprint density at radius 3 is 2.63 bits per heavy atom. The van der Waals surface area contributed by atoms with Crippen molar-refractivity contribution < 1.29 is 23.5 Å². The van der Waals surface area contributed by atoms with Crippen molar-refractivity contribution in [2.45, 2.75) is 24.7 Å². The van der Waals surface area contributed by atoms with Gasteiger partial charge in [0, 0.05) is 0 Å². The number of carbonyl (C=O) groups excluding carboxylic acids is 3. The van der Waals surface area contributed by atoms with Crippen LogP contribution in [0.25, 0.3) is 11.6 Å². The second kappa shape index (κ2) is 9.74. The number of primary amides is 1. The number of carbonyl (C=O) groups is 3. The Hall–Kier alpha value is -3.60. The fourth-order valence-electron chi connectivity index (χ4n) is 2.52. The molecule has 10 nitrogen and oxygen atoms in total. The number of urea groups is 1. The molecule has 0 aliphatic heterocycles. The van der Waals surface area contributed by atoms with Gasteiger partial charge in [-0.25, -0.2) is 4.79 Å². The number of nitrogens with two attached hydrogens (primary N) is 1. The standard InChI is InChI=1S/C19H19N5O5S/c1-12(17(26)21-18(20)27)29-15(25)11-30-19-23-22-16(14-8-5-9-28-14)24(19)10-13-6-3-2-4-7-13/h2-9,12H,10-11H2,1H3,(H3,20,21,26,27). The molecule has 11 heteroatoms. The molecule has 156 valence electrons. The van der Waals surface area contributed by atoms with E-state index in [0.29, 0.717) is 23.3 Å². The number of esters is 1. The van der Waals surface area contributed by atoms with E-state index in [4.69, 9.17) is 14.9 Å². The molecule has 0 spiro atoms. The summed E-state index contributed by atoms with van der Waals surface area (Å²) >= 11 is 1.11. The average Bonchev–Trinajstić information content (AvgIpc) is 3.36. The minimum Gasteiger partial charge on any atom is -0.461 e.